The highest BCUT2D eigenvalue weighted by Crippen LogP contribution is 2.26. The molecule has 0 bridgehead atoms. The Bertz CT molecular complexity index is 394. The molecule has 5 heteroatoms. The van der Waals surface area contributed by atoms with Gasteiger partial charge in [-0.1, -0.05) is 11.6 Å². The number of hydrogen-bond donors (Lipinski definition) is 2. The van der Waals surface area contributed by atoms with Crippen LogP contribution in [-0.4, -0.2) is 19.6 Å². The molecule has 0 aromatic heterocycles. The molecule has 3 N–H and O–H groups in total. The van der Waals surface area contributed by atoms with Gasteiger partial charge in [0.25, 0.3) is 0 Å². The van der Waals surface area contributed by atoms with Crippen LogP contribution in [-0.2, 0) is 11.3 Å². The predicted octanol–water partition coefficient (Wildman–Crippen LogP) is 1.23. The standard InChI is InChI=1S/C11H15ClN2O2/c1-7-3-10(16-2)8(4-9(7)12)5-14-6-11(13)15/h3-4,14H,5-6H2,1-2H3,(H2,13,15). The van der Waals surface area contributed by atoms with E-state index in [0.29, 0.717) is 11.6 Å². The third kappa shape index (κ3) is 3.40. The summed E-state index contributed by atoms with van der Waals surface area (Å²) in [6, 6.07) is 3.69. The fraction of sp³-hybridized carbons (Fsp3) is 0.364. The van der Waals surface area contributed by atoms with Crippen LogP contribution in [0.25, 0.3) is 0 Å². The Kier molecular flexibility index (Phi) is 4.58. The predicted molar refractivity (Wildman–Crippen MR) is 63.6 cm³/mol. The van der Waals surface area contributed by atoms with Crippen LogP contribution in [0.1, 0.15) is 11.1 Å². The van der Waals surface area contributed by atoms with Gasteiger partial charge in [0.1, 0.15) is 5.75 Å². The molecule has 0 saturated heterocycles. The van der Waals surface area contributed by atoms with E-state index in [1.165, 1.54) is 0 Å². The van der Waals surface area contributed by atoms with Crippen molar-refractivity contribution in [2.75, 3.05) is 13.7 Å². The molecule has 0 spiro atoms. The van der Waals surface area contributed by atoms with Crippen LogP contribution in [0, 0.1) is 6.92 Å². The number of carbonyl (C=O) groups excluding carboxylic acids is 1. The lowest BCUT2D eigenvalue weighted by Crippen LogP contribution is -2.28. The number of primary amides is 1. The Morgan fingerprint density at radius 2 is 2.25 bits per heavy atom. The Hall–Kier alpha value is -1.26. The molecule has 88 valence electrons. The number of aryl methyl sites for hydroxylation is 1. The number of benzene rings is 1. The van der Waals surface area contributed by atoms with Gasteiger partial charge >= 0.3 is 0 Å². The van der Waals surface area contributed by atoms with Crippen molar-refractivity contribution in [1.82, 2.24) is 5.32 Å². The first-order chi connectivity index (χ1) is 7.54. The molecule has 0 atom stereocenters. The highest BCUT2D eigenvalue weighted by molar-refractivity contribution is 6.31. The topological polar surface area (TPSA) is 64.3 Å². The van der Waals surface area contributed by atoms with Gasteiger partial charge in [-0.2, -0.15) is 0 Å². The molecular weight excluding hydrogens is 228 g/mol. The lowest BCUT2D eigenvalue weighted by atomic mass is 10.1. The van der Waals surface area contributed by atoms with Crippen molar-refractivity contribution in [3.05, 3.63) is 28.3 Å². The number of halogens is 1. The second kappa shape index (κ2) is 5.72. The SMILES string of the molecule is COc1cc(C)c(Cl)cc1CNCC(N)=O. The fourth-order valence-electron chi connectivity index (χ4n) is 1.34. The Morgan fingerprint density at radius 3 is 2.81 bits per heavy atom. The van der Waals surface area contributed by atoms with Crippen molar-refractivity contribution in [3.8, 4) is 5.75 Å². The largest absolute Gasteiger partial charge is 0.496 e. The Morgan fingerprint density at radius 1 is 1.56 bits per heavy atom. The highest BCUT2D eigenvalue weighted by atomic mass is 35.5. The zero-order chi connectivity index (χ0) is 12.1. The second-order valence-corrected chi connectivity index (χ2v) is 3.89. The molecule has 0 fully saturated rings. The molecule has 0 heterocycles. The molecule has 1 rings (SSSR count). The number of ether oxygens (including phenoxy) is 1. The van der Waals surface area contributed by atoms with Crippen molar-refractivity contribution < 1.29 is 9.53 Å². The Labute approximate surface area is 99.7 Å². The first-order valence-corrected chi connectivity index (χ1v) is 5.24. The van der Waals surface area contributed by atoms with Gasteiger partial charge in [0, 0.05) is 17.1 Å². The third-order valence-corrected chi connectivity index (χ3v) is 2.58. The molecule has 1 aromatic carbocycles. The van der Waals surface area contributed by atoms with Gasteiger partial charge in [0.2, 0.25) is 5.91 Å². The van der Waals surface area contributed by atoms with E-state index in [4.69, 9.17) is 22.1 Å². The van der Waals surface area contributed by atoms with Gasteiger partial charge in [-0.25, -0.2) is 0 Å². The summed E-state index contributed by atoms with van der Waals surface area (Å²) in [6.45, 7) is 2.53. The Balaban J connectivity index is 2.77. The van der Waals surface area contributed by atoms with Crippen molar-refractivity contribution >= 4 is 17.5 Å². The lowest BCUT2D eigenvalue weighted by Gasteiger charge is -2.11. The van der Waals surface area contributed by atoms with Gasteiger partial charge in [0.05, 0.1) is 13.7 Å². The minimum Gasteiger partial charge on any atom is -0.496 e. The summed E-state index contributed by atoms with van der Waals surface area (Å²) in [7, 11) is 1.60. The van der Waals surface area contributed by atoms with Gasteiger partial charge in [-0.3, -0.25) is 4.79 Å². The summed E-state index contributed by atoms with van der Waals surface area (Å²) >= 11 is 6.01. The molecule has 1 amide bonds. The molecule has 0 aliphatic rings. The van der Waals surface area contributed by atoms with E-state index in [-0.39, 0.29) is 6.54 Å². The molecule has 4 nitrogen and oxygen atoms in total. The summed E-state index contributed by atoms with van der Waals surface area (Å²) in [4.78, 5) is 10.6. The summed E-state index contributed by atoms with van der Waals surface area (Å²) in [5.74, 6) is 0.357. The monoisotopic (exact) mass is 242 g/mol. The van der Waals surface area contributed by atoms with Gasteiger partial charge in [0.15, 0.2) is 0 Å². The number of carbonyl (C=O) groups is 1. The van der Waals surface area contributed by atoms with E-state index >= 15 is 0 Å². The van der Waals surface area contributed by atoms with Crippen LogP contribution >= 0.6 is 11.6 Å². The van der Waals surface area contributed by atoms with Crippen LogP contribution in [0.3, 0.4) is 0 Å². The van der Waals surface area contributed by atoms with E-state index in [1.807, 2.05) is 19.1 Å². The summed E-state index contributed by atoms with van der Waals surface area (Å²) in [5, 5.41) is 3.59. The minimum absolute atomic E-state index is 0.134. The smallest absolute Gasteiger partial charge is 0.231 e. The first kappa shape index (κ1) is 12.8. The average molecular weight is 243 g/mol. The van der Waals surface area contributed by atoms with Crippen molar-refractivity contribution in [1.29, 1.82) is 0 Å². The zero-order valence-corrected chi connectivity index (χ0v) is 10.1. The lowest BCUT2D eigenvalue weighted by molar-refractivity contribution is -0.117. The van der Waals surface area contributed by atoms with Crippen molar-refractivity contribution in [2.45, 2.75) is 13.5 Å². The van der Waals surface area contributed by atoms with Crippen LogP contribution in [0.4, 0.5) is 0 Å². The summed E-state index contributed by atoms with van der Waals surface area (Å²) < 4.78 is 5.22. The maximum Gasteiger partial charge on any atom is 0.231 e. The number of hydrogen-bond acceptors (Lipinski definition) is 3. The molecule has 0 aliphatic carbocycles. The number of methoxy groups -OCH3 is 1. The fourth-order valence-corrected chi connectivity index (χ4v) is 1.53. The van der Waals surface area contributed by atoms with E-state index in [1.54, 1.807) is 7.11 Å². The van der Waals surface area contributed by atoms with Crippen molar-refractivity contribution in [3.63, 3.8) is 0 Å². The normalized spacial score (nSPS) is 10.2. The number of nitrogens with one attached hydrogen (secondary N) is 1. The summed E-state index contributed by atoms with van der Waals surface area (Å²) in [6.07, 6.45) is 0. The van der Waals surface area contributed by atoms with E-state index in [2.05, 4.69) is 5.32 Å². The van der Waals surface area contributed by atoms with Crippen molar-refractivity contribution in [2.24, 2.45) is 5.73 Å². The zero-order valence-electron chi connectivity index (χ0n) is 9.34. The molecule has 0 aliphatic heterocycles. The highest BCUT2D eigenvalue weighted by Gasteiger charge is 2.06. The first-order valence-electron chi connectivity index (χ1n) is 4.86. The number of nitrogens with two attached hydrogens (primary N) is 1. The quantitative estimate of drug-likeness (QED) is 0.816. The van der Waals surface area contributed by atoms with Crippen LogP contribution in [0.15, 0.2) is 12.1 Å². The van der Waals surface area contributed by atoms with Gasteiger partial charge < -0.3 is 15.8 Å². The maximum absolute atomic E-state index is 10.6. The van der Waals surface area contributed by atoms with E-state index in [0.717, 1.165) is 16.9 Å². The maximum atomic E-state index is 10.6. The molecule has 0 saturated carbocycles. The second-order valence-electron chi connectivity index (χ2n) is 3.48. The molecule has 1 aromatic rings. The summed E-state index contributed by atoms with van der Waals surface area (Å²) in [5.41, 5.74) is 6.88. The van der Waals surface area contributed by atoms with Crippen LogP contribution < -0.4 is 15.8 Å². The average Bonchev–Trinajstić information content (AvgIpc) is 2.22. The molecule has 16 heavy (non-hydrogen) atoms. The number of rotatable bonds is 5. The minimum atomic E-state index is -0.392. The van der Waals surface area contributed by atoms with Crippen LogP contribution in [0.5, 0.6) is 5.75 Å². The van der Waals surface area contributed by atoms with E-state index in [9.17, 15) is 4.79 Å². The molecule has 0 radical (unpaired) electrons. The molecule has 0 unspecified atom stereocenters. The van der Waals surface area contributed by atoms with Crippen LogP contribution in [0.2, 0.25) is 5.02 Å². The van der Waals surface area contributed by atoms with Gasteiger partial charge in [-0.05, 0) is 24.6 Å². The number of amides is 1. The van der Waals surface area contributed by atoms with E-state index < -0.39 is 5.91 Å². The van der Waals surface area contributed by atoms with Gasteiger partial charge in [-0.15, -0.1) is 0 Å². The molecular formula is C11H15ClN2O2. The third-order valence-electron chi connectivity index (χ3n) is 2.18.